The maximum Gasteiger partial charge on any atom is 0.0788 e. The van der Waals surface area contributed by atoms with Gasteiger partial charge in [0.1, 0.15) is 0 Å². The molecule has 2 aromatic heterocycles. The molecule has 0 fully saturated rings. The lowest BCUT2D eigenvalue weighted by atomic mass is 10.1. The molecule has 2 heterocycles. The van der Waals surface area contributed by atoms with E-state index in [1.165, 1.54) is 54.3 Å². The SMILES string of the molecule is c1ccc(-n2c3ccccc3c3ccc4ccn(-c5ccc(N(c6ccc7ccccc7c6)c6ccc7ccccc7c6)cc5)c4c32)cc1. The highest BCUT2D eigenvalue weighted by molar-refractivity contribution is 6.18. The summed E-state index contributed by atoms with van der Waals surface area (Å²) in [6.07, 6.45) is 2.20. The second-order valence-electron chi connectivity index (χ2n) is 12.7. The Kier molecular flexibility index (Phi) is 6.18. The summed E-state index contributed by atoms with van der Waals surface area (Å²) < 4.78 is 4.76. The molecule has 230 valence electrons. The monoisotopic (exact) mass is 625 g/mol. The Bertz CT molecular complexity index is 2740. The standard InChI is InChI=1S/C46H31N3/c1-2-14-38(15-3-1)49-44-17-9-8-16-42(44)43-27-20-34-28-29-47(45(34)46(43)49)37-23-25-39(26-24-37)48(40-21-18-32-10-4-6-12-35(32)30-40)41-22-19-33-11-5-7-13-36(33)31-41/h1-31H. The van der Waals surface area contributed by atoms with E-state index < -0.39 is 0 Å². The smallest absolute Gasteiger partial charge is 0.0788 e. The van der Waals surface area contributed by atoms with Crippen molar-refractivity contribution >= 4 is 71.3 Å². The number of nitrogens with zero attached hydrogens (tertiary/aromatic N) is 3. The fourth-order valence-electron chi connectivity index (χ4n) is 7.57. The van der Waals surface area contributed by atoms with Gasteiger partial charge >= 0.3 is 0 Å². The maximum atomic E-state index is 2.42. The molecule has 0 aliphatic rings. The Labute approximate surface area is 284 Å². The van der Waals surface area contributed by atoms with Crippen molar-refractivity contribution in [2.24, 2.45) is 0 Å². The molecule has 10 rings (SSSR count). The minimum Gasteiger partial charge on any atom is -0.315 e. The Morgan fingerprint density at radius 2 is 0.918 bits per heavy atom. The van der Waals surface area contributed by atoms with Crippen molar-refractivity contribution in [1.82, 2.24) is 9.13 Å². The zero-order valence-corrected chi connectivity index (χ0v) is 26.7. The van der Waals surface area contributed by atoms with Crippen LogP contribution in [0, 0.1) is 0 Å². The van der Waals surface area contributed by atoms with Gasteiger partial charge in [0.15, 0.2) is 0 Å². The van der Waals surface area contributed by atoms with Gasteiger partial charge < -0.3 is 14.0 Å². The lowest BCUT2D eigenvalue weighted by Gasteiger charge is -2.26. The number of anilines is 3. The third kappa shape index (κ3) is 4.44. The number of hydrogen-bond donors (Lipinski definition) is 0. The van der Waals surface area contributed by atoms with Gasteiger partial charge in [-0.1, -0.05) is 109 Å². The Morgan fingerprint density at radius 1 is 0.347 bits per heavy atom. The largest absolute Gasteiger partial charge is 0.315 e. The van der Waals surface area contributed by atoms with Gasteiger partial charge in [-0.3, -0.25) is 0 Å². The number of aromatic nitrogens is 2. The van der Waals surface area contributed by atoms with Crippen molar-refractivity contribution < 1.29 is 0 Å². The summed E-state index contributed by atoms with van der Waals surface area (Å²) in [5, 5.41) is 8.64. The zero-order valence-electron chi connectivity index (χ0n) is 26.7. The predicted octanol–water partition coefficient (Wildman–Crippen LogP) is 12.5. The van der Waals surface area contributed by atoms with E-state index in [1.807, 2.05) is 0 Å². The molecular formula is C46H31N3. The van der Waals surface area contributed by atoms with Crippen LogP contribution < -0.4 is 4.90 Å². The Balaban J connectivity index is 1.15. The van der Waals surface area contributed by atoms with Crippen molar-refractivity contribution in [3.8, 4) is 11.4 Å². The van der Waals surface area contributed by atoms with E-state index in [0.29, 0.717) is 0 Å². The van der Waals surface area contributed by atoms with E-state index in [0.717, 1.165) is 28.4 Å². The van der Waals surface area contributed by atoms with Crippen LogP contribution in [-0.4, -0.2) is 9.13 Å². The number of benzene rings is 8. The summed E-state index contributed by atoms with van der Waals surface area (Å²) in [6.45, 7) is 0. The fourth-order valence-corrected chi connectivity index (χ4v) is 7.57. The quantitative estimate of drug-likeness (QED) is 0.185. The summed E-state index contributed by atoms with van der Waals surface area (Å²) in [7, 11) is 0. The van der Waals surface area contributed by atoms with E-state index in [2.05, 4.69) is 202 Å². The molecule has 0 saturated heterocycles. The van der Waals surface area contributed by atoms with E-state index in [-0.39, 0.29) is 0 Å². The fraction of sp³-hybridized carbons (Fsp3) is 0. The van der Waals surface area contributed by atoms with E-state index in [1.54, 1.807) is 0 Å². The van der Waals surface area contributed by atoms with Crippen LogP contribution in [0.25, 0.3) is 65.6 Å². The van der Waals surface area contributed by atoms with Gasteiger partial charge in [0.05, 0.1) is 16.6 Å². The first kappa shape index (κ1) is 27.5. The van der Waals surface area contributed by atoms with Gasteiger partial charge in [-0.25, -0.2) is 0 Å². The minimum atomic E-state index is 1.11. The molecule has 0 bridgehead atoms. The molecule has 0 aliphatic heterocycles. The van der Waals surface area contributed by atoms with Crippen molar-refractivity contribution in [3.05, 3.63) is 188 Å². The highest BCUT2D eigenvalue weighted by Gasteiger charge is 2.19. The highest BCUT2D eigenvalue weighted by atomic mass is 15.1. The molecule has 0 unspecified atom stereocenters. The number of para-hydroxylation sites is 2. The summed E-state index contributed by atoms with van der Waals surface area (Å²) in [5.41, 5.74) is 9.26. The minimum absolute atomic E-state index is 1.11. The van der Waals surface area contributed by atoms with Gasteiger partial charge in [-0.05, 0) is 94.3 Å². The van der Waals surface area contributed by atoms with Crippen LogP contribution >= 0.6 is 0 Å². The van der Waals surface area contributed by atoms with Gasteiger partial charge in [-0.2, -0.15) is 0 Å². The van der Waals surface area contributed by atoms with Crippen LogP contribution in [0.3, 0.4) is 0 Å². The normalized spacial score (nSPS) is 11.7. The number of hydrogen-bond acceptors (Lipinski definition) is 1. The van der Waals surface area contributed by atoms with Crippen LogP contribution in [0.2, 0.25) is 0 Å². The van der Waals surface area contributed by atoms with E-state index >= 15 is 0 Å². The average molecular weight is 626 g/mol. The van der Waals surface area contributed by atoms with Crippen LogP contribution in [0.4, 0.5) is 17.1 Å². The molecule has 8 aromatic carbocycles. The average Bonchev–Trinajstić information content (AvgIpc) is 3.75. The second-order valence-corrected chi connectivity index (χ2v) is 12.7. The van der Waals surface area contributed by atoms with Gasteiger partial charge in [0.2, 0.25) is 0 Å². The van der Waals surface area contributed by atoms with Crippen molar-refractivity contribution in [2.75, 3.05) is 4.90 Å². The lowest BCUT2D eigenvalue weighted by molar-refractivity contribution is 1.11. The van der Waals surface area contributed by atoms with E-state index in [4.69, 9.17) is 0 Å². The van der Waals surface area contributed by atoms with Crippen LogP contribution in [-0.2, 0) is 0 Å². The van der Waals surface area contributed by atoms with Crippen molar-refractivity contribution in [2.45, 2.75) is 0 Å². The molecule has 0 amide bonds. The number of rotatable bonds is 5. The molecule has 0 N–H and O–H groups in total. The predicted molar refractivity (Wildman–Crippen MR) is 207 cm³/mol. The molecule has 10 aromatic rings. The molecule has 49 heavy (non-hydrogen) atoms. The second kappa shape index (κ2) is 11.0. The summed E-state index contributed by atoms with van der Waals surface area (Å²) in [5.74, 6) is 0. The van der Waals surface area contributed by atoms with Crippen LogP contribution in [0.5, 0.6) is 0 Å². The first-order valence-corrected chi connectivity index (χ1v) is 16.8. The number of fused-ring (bicyclic) bond motifs is 7. The molecule has 0 radical (unpaired) electrons. The molecule has 3 heteroatoms. The molecule has 0 atom stereocenters. The van der Waals surface area contributed by atoms with Gasteiger partial charge in [0.25, 0.3) is 0 Å². The first-order valence-electron chi connectivity index (χ1n) is 16.8. The van der Waals surface area contributed by atoms with Gasteiger partial charge in [0, 0.05) is 50.8 Å². The Hall–Kier alpha value is -6.58. The molecular weight excluding hydrogens is 595 g/mol. The molecule has 0 saturated carbocycles. The molecule has 0 aliphatic carbocycles. The molecule has 0 spiro atoms. The highest BCUT2D eigenvalue weighted by Crippen LogP contribution is 2.40. The van der Waals surface area contributed by atoms with E-state index in [9.17, 15) is 0 Å². The van der Waals surface area contributed by atoms with Crippen molar-refractivity contribution in [3.63, 3.8) is 0 Å². The van der Waals surface area contributed by atoms with Crippen LogP contribution in [0.1, 0.15) is 0 Å². The molecule has 3 nitrogen and oxygen atoms in total. The van der Waals surface area contributed by atoms with Gasteiger partial charge in [-0.15, -0.1) is 0 Å². The first-order chi connectivity index (χ1) is 24.3. The Morgan fingerprint density at radius 3 is 1.61 bits per heavy atom. The van der Waals surface area contributed by atoms with Crippen molar-refractivity contribution in [1.29, 1.82) is 0 Å². The van der Waals surface area contributed by atoms with Crippen LogP contribution in [0.15, 0.2) is 188 Å². The summed E-state index contributed by atoms with van der Waals surface area (Å²) in [6, 6.07) is 65.8. The third-order valence-corrected chi connectivity index (χ3v) is 9.87. The maximum absolute atomic E-state index is 2.42. The lowest BCUT2D eigenvalue weighted by Crippen LogP contribution is -2.10. The summed E-state index contributed by atoms with van der Waals surface area (Å²) in [4.78, 5) is 2.36. The third-order valence-electron chi connectivity index (χ3n) is 9.87. The summed E-state index contributed by atoms with van der Waals surface area (Å²) >= 11 is 0. The topological polar surface area (TPSA) is 13.1 Å². The zero-order chi connectivity index (χ0) is 32.3.